The minimum absolute atomic E-state index is 0.0319. The van der Waals surface area contributed by atoms with Gasteiger partial charge in [0.1, 0.15) is 6.04 Å². The minimum atomic E-state index is -4.42. The fourth-order valence-corrected chi connectivity index (χ4v) is 7.60. The number of rotatable bonds is 5. The van der Waals surface area contributed by atoms with E-state index >= 15 is 0 Å². The molecule has 5 aliphatic rings. The van der Waals surface area contributed by atoms with Crippen LogP contribution in [0.1, 0.15) is 57.8 Å². The molecular formula is C24H39ClF3N5O2. The number of fused-ring (bicyclic) bond motifs is 3. The first-order valence-electron chi connectivity index (χ1n) is 13.3. The Kier molecular flexibility index (Phi) is 7.88. The molecule has 5 rings (SSSR count). The van der Waals surface area contributed by atoms with Crippen molar-refractivity contribution in [3.8, 4) is 0 Å². The van der Waals surface area contributed by atoms with Crippen LogP contribution >= 0.6 is 11.6 Å². The number of piperidine rings is 1. The van der Waals surface area contributed by atoms with E-state index in [1.807, 2.05) is 0 Å². The summed E-state index contributed by atoms with van der Waals surface area (Å²) in [7, 11) is 1.34. The third kappa shape index (κ3) is 5.48. The summed E-state index contributed by atoms with van der Waals surface area (Å²) in [5, 5.41) is 5.91. The lowest BCUT2D eigenvalue weighted by molar-refractivity contribution is -0.202. The van der Waals surface area contributed by atoms with Crippen molar-refractivity contribution in [2.45, 2.75) is 99.8 Å². The summed E-state index contributed by atoms with van der Waals surface area (Å²) in [4.78, 5) is 16.3. The summed E-state index contributed by atoms with van der Waals surface area (Å²) in [5.41, 5.74) is 3.35. The maximum Gasteiger partial charge on any atom is 0.409 e. The van der Waals surface area contributed by atoms with Gasteiger partial charge in [-0.3, -0.25) is 15.0 Å². The molecule has 4 heterocycles. The fourth-order valence-electron chi connectivity index (χ4n) is 7.32. The molecule has 4 saturated heterocycles. The van der Waals surface area contributed by atoms with Gasteiger partial charge >= 0.3 is 6.18 Å². The lowest BCUT2D eigenvalue weighted by Crippen LogP contribution is -2.70. The maximum absolute atomic E-state index is 14.2. The molecule has 4 aliphatic heterocycles. The number of likely N-dealkylation sites (tertiary alicyclic amines) is 1. The van der Waals surface area contributed by atoms with Gasteiger partial charge < -0.3 is 9.64 Å². The van der Waals surface area contributed by atoms with Crippen LogP contribution in [-0.4, -0.2) is 96.1 Å². The van der Waals surface area contributed by atoms with E-state index in [0.29, 0.717) is 38.1 Å². The fraction of sp³-hybridized carbons (Fsp3) is 0.958. The molecule has 0 aromatic carbocycles. The standard InChI is InChI=1S/C24H39ClF3N5O2/c1-31(22(34)11-15-8-10-35-14-15)23(24(26,27)28)16-4-6-17(7-5-16)32-9-2-3-18-19(32)13-29-21-12-20(25)30-33(18)21/h15-21,23,29-30H,2-14H2,1H3/t15?,16?,17?,18?,19?,20?,21?,23-/m0/s1. The maximum atomic E-state index is 14.2. The van der Waals surface area contributed by atoms with E-state index < -0.39 is 24.0 Å². The van der Waals surface area contributed by atoms with Gasteiger partial charge in [0.05, 0.1) is 11.7 Å². The average Bonchev–Trinajstić information content (AvgIpc) is 3.47. The number of carbonyl (C=O) groups is 1. The van der Waals surface area contributed by atoms with Crippen LogP contribution in [-0.2, 0) is 9.53 Å². The highest BCUT2D eigenvalue weighted by Gasteiger charge is 2.51. The van der Waals surface area contributed by atoms with Crippen molar-refractivity contribution in [1.29, 1.82) is 0 Å². The van der Waals surface area contributed by atoms with Gasteiger partial charge in [0.2, 0.25) is 5.91 Å². The van der Waals surface area contributed by atoms with E-state index in [1.54, 1.807) is 0 Å². The number of nitrogens with zero attached hydrogens (tertiary/aromatic N) is 3. The quantitative estimate of drug-likeness (QED) is 0.428. The van der Waals surface area contributed by atoms with Gasteiger partial charge in [0, 0.05) is 57.8 Å². The summed E-state index contributed by atoms with van der Waals surface area (Å²) < 4.78 is 47.9. The number of hydrogen-bond acceptors (Lipinski definition) is 6. The predicted molar refractivity (Wildman–Crippen MR) is 126 cm³/mol. The largest absolute Gasteiger partial charge is 0.409 e. The Morgan fingerprint density at radius 1 is 1.17 bits per heavy atom. The normalized spacial score (nSPS) is 39.7. The highest BCUT2D eigenvalue weighted by atomic mass is 35.5. The Labute approximate surface area is 211 Å². The van der Waals surface area contributed by atoms with E-state index in [2.05, 4.69) is 20.7 Å². The number of ether oxygens (including phenoxy) is 1. The summed E-state index contributed by atoms with van der Waals surface area (Å²) in [5.74, 6) is -0.932. The summed E-state index contributed by atoms with van der Waals surface area (Å²) in [6.07, 6.45) is 2.26. The van der Waals surface area contributed by atoms with Crippen molar-refractivity contribution in [3.63, 3.8) is 0 Å². The van der Waals surface area contributed by atoms with Crippen molar-refractivity contribution < 1.29 is 22.7 Å². The Bertz CT molecular complexity index is 747. The zero-order chi connectivity index (χ0) is 24.7. The number of amides is 1. The van der Waals surface area contributed by atoms with Crippen LogP contribution in [0.25, 0.3) is 0 Å². The molecule has 6 atom stereocenters. The SMILES string of the molecule is CN(C(=O)CC1CCOC1)[C@@H](C1CCC(N2CCCC3C2CNC2CC(Cl)NN23)CC1)C(F)(F)F. The van der Waals surface area contributed by atoms with Crippen molar-refractivity contribution in [2.75, 3.05) is 33.4 Å². The van der Waals surface area contributed by atoms with E-state index in [4.69, 9.17) is 16.3 Å². The second-order valence-corrected chi connectivity index (χ2v) is 11.7. The third-order valence-corrected chi connectivity index (χ3v) is 9.33. The number of hydrazine groups is 1. The summed E-state index contributed by atoms with van der Waals surface area (Å²) in [6, 6.07) is -0.703. The zero-order valence-electron chi connectivity index (χ0n) is 20.5. The molecule has 5 fully saturated rings. The van der Waals surface area contributed by atoms with Crippen LogP contribution in [0, 0.1) is 11.8 Å². The van der Waals surface area contributed by atoms with Gasteiger partial charge in [-0.15, -0.1) is 11.6 Å². The van der Waals surface area contributed by atoms with Crippen LogP contribution in [0.3, 0.4) is 0 Å². The Hall–Kier alpha value is -0.650. The molecule has 11 heteroatoms. The molecule has 0 bridgehead atoms. The van der Waals surface area contributed by atoms with Crippen molar-refractivity contribution in [3.05, 3.63) is 0 Å². The zero-order valence-corrected chi connectivity index (χ0v) is 21.2. The van der Waals surface area contributed by atoms with Gasteiger partial charge in [0.15, 0.2) is 0 Å². The molecule has 0 radical (unpaired) electrons. The second kappa shape index (κ2) is 10.6. The predicted octanol–water partition coefficient (Wildman–Crippen LogP) is 2.90. The highest BCUT2D eigenvalue weighted by Crippen LogP contribution is 2.41. The second-order valence-electron chi connectivity index (χ2n) is 11.2. The van der Waals surface area contributed by atoms with Gasteiger partial charge in [-0.2, -0.15) is 13.2 Å². The molecule has 1 aliphatic carbocycles. The molecule has 0 spiro atoms. The molecular weight excluding hydrogens is 483 g/mol. The summed E-state index contributed by atoms with van der Waals surface area (Å²) >= 11 is 6.35. The van der Waals surface area contributed by atoms with Crippen LogP contribution in [0.2, 0.25) is 0 Å². The van der Waals surface area contributed by atoms with E-state index in [0.717, 1.165) is 56.5 Å². The van der Waals surface area contributed by atoms with E-state index in [1.165, 1.54) is 7.05 Å². The first kappa shape index (κ1) is 26.0. The van der Waals surface area contributed by atoms with Gasteiger partial charge in [-0.05, 0) is 63.3 Å². The smallest absolute Gasteiger partial charge is 0.381 e. The minimum Gasteiger partial charge on any atom is -0.381 e. The Morgan fingerprint density at radius 3 is 2.63 bits per heavy atom. The molecule has 5 unspecified atom stereocenters. The molecule has 0 aromatic rings. The number of hydrogen-bond donors (Lipinski definition) is 2. The van der Waals surface area contributed by atoms with Crippen LogP contribution in [0.4, 0.5) is 13.2 Å². The molecule has 0 aromatic heterocycles. The topological polar surface area (TPSA) is 60.1 Å². The molecule has 200 valence electrons. The average molecular weight is 522 g/mol. The number of carbonyl (C=O) groups excluding carboxylic acids is 1. The molecule has 7 nitrogen and oxygen atoms in total. The number of halogens is 4. The molecule has 1 amide bonds. The lowest BCUT2D eigenvalue weighted by atomic mass is 9.78. The van der Waals surface area contributed by atoms with Crippen LogP contribution < -0.4 is 10.7 Å². The highest BCUT2D eigenvalue weighted by molar-refractivity contribution is 6.20. The van der Waals surface area contributed by atoms with Crippen molar-refractivity contribution >= 4 is 17.5 Å². The van der Waals surface area contributed by atoms with Crippen LogP contribution in [0.5, 0.6) is 0 Å². The van der Waals surface area contributed by atoms with Gasteiger partial charge in [0.25, 0.3) is 0 Å². The van der Waals surface area contributed by atoms with Crippen LogP contribution in [0.15, 0.2) is 0 Å². The number of alkyl halides is 4. The van der Waals surface area contributed by atoms with Gasteiger partial charge in [-0.25, -0.2) is 10.4 Å². The third-order valence-electron chi connectivity index (χ3n) is 9.05. The monoisotopic (exact) mass is 521 g/mol. The summed E-state index contributed by atoms with van der Waals surface area (Å²) in [6.45, 7) is 2.94. The molecule has 1 saturated carbocycles. The van der Waals surface area contributed by atoms with Gasteiger partial charge in [-0.1, -0.05) is 0 Å². The Morgan fingerprint density at radius 2 is 1.94 bits per heavy atom. The molecule has 2 N–H and O–H groups in total. The first-order valence-corrected chi connectivity index (χ1v) is 13.7. The Balaban J connectivity index is 1.20. The number of nitrogens with one attached hydrogen (secondary N) is 2. The molecule has 35 heavy (non-hydrogen) atoms. The van der Waals surface area contributed by atoms with Crippen molar-refractivity contribution in [2.24, 2.45) is 11.8 Å². The van der Waals surface area contributed by atoms with E-state index in [-0.39, 0.29) is 30.0 Å². The first-order chi connectivity index (χ1) is 16.7. The lowest BCUT2D eigenvalue weighted by Gasteiger charge is -2.53. The van der Waals surface area contributed by atoms with E-state index in [9.17, 15) is 18.0 Å². The van der Waals surface area contributed by atoms with Crippen molar-refractivity contribution in [1.82, 2.24) is 25.6 Å².